The second kappa shape index (κ2) is 7.42. The number of aliphatic hydroxyl groups is 1. The van der Waals surface area contributed by atoms with Gasteiger partial charge >= 0.3 is 0 Å². The van der Waals surface area contributed by atoms with Crippen LogP contribution >= 0.6 is 0 Å². The lowest BCUT2D eigenvalue weighted by molar-refractivity contribution is -0.127. The van der Waals surface area contributed by atoms with E-state index in [-0.39, 0.29) is 0 Å². The van der Waals surface area contributed by atoms with Crippen LogP contribution in [-0.2, 0) is 0 Å². The zero-order chi connectivity index (χ0) is 13.4. The summed E-state index contributed by atoms with van der Waals surface area (Å²) in [6.07, 6.45) is 5.35. The zero-order valence-electron chi connectivity index (χ0n) is 11.9. The quantitative estimate of drug-likeness (QED) is 0.548. The van der Waals surface area contributed by atoms with Gasteiger partial charge in [-0.05, 0) is 24.5 Å². The topological polar surface area (TPSA) is 29.5 Å². The van der Waals surface area contributed by atoms with Gasteiger partial charge in [-0.2, -0.15) is 0 Å². The minimum Gasteiger partial charge on any atom is -0.463 e. The SMILES string of the molecule is CC(C)CCCCCC(C)(O)Oc1ccccc1. The maximum absolute atomic E-state index is 10.2. The number of hydrogen-bond donors (Lipinski definition) is 1. The molecular weight excluding hydrogens is 224 g/mol. The number of benzene rings is 1. The van der Waals surface area contributed by atoms with Gasteiger partial charge in [0.05, 0.1) is 0 Å². The third-order valence-electron chi connectivity index (χ3n) is 3.00. The van der Waals surface area contributed by atoms with Gasteiger partial charge in [0.15, 0.2) is 0 Å². The maximum Gasteiger partial charge on any atom is 0.205 e. The van der Waals surface area contributed by atoms with E-state index in [1.165, 1.54) is 12.8 Å². The Morgan fingerprint density at radius 2 is 1.78 bits per heavy atom. The van der Waals surface area contributed by atoms with Crippen molar-refractivity contribution >= 4 is 0 Å². The molecule has 0 aromatic heterocycles. The average Bonchev–Trinajstić information content (AvgIpc) is 2.28. The lowest BCUT2D eigenvalue weighted by Crippen LogP contribution is -2.31. The van der Waals surface area contributed by atoms with Crippen LogP contribution in [0.1, 0.15) is 52.9 Å². The molecule has 0 fully saturated rings. The van der Waals surface area contributed by atoms with Gasteiger partial charge in [-0.1, -0.05) is 51.3 Å². The molecule has 0 radical (unpaired) electrons. The second-order valence-electron chi connectivity index (χ2n) is 5.58. The molecule has 1 unspecified atom stereocenters. The molecule has 0 aliphatic heterocycles. The summed E-state index contributed by atoms with van der Waals surface area (Å²) in [4.78, 5) is 0. The Labute approximate surface area is 111 Å². The molecule has 0 aliphatic rings. The van der Waals surface area contributed by atoms with Crippen molar-refractivity contribution in [2.75, 3.05) is 0 Å². The summed E-state index contributed by atoms with van der Waals surface area (Å²) in [6, 6.07) is 9.50. The minimum atomic E-state index is -1.06. The molecule has 0 heterocycles. The van der Waals surface area contributed by atoms with Crippen molar-refractivity contribution in [3.05, 3.63) is 30.3 Å². The lowest BCUT2D eigenvalue weighted by Gasteiger charge is -2.24. The molecule has 102 valence electrons. The van der Waals surface area contributed by atoms with E-state index < -0.39 is 5.79 Å². The van der Waals surface area contributed by atoms with Gasteiger partial charge in [0.1, 0.15) is 5.75 Å². The predicted octanol–water partition coefficient (Wildman–Crippen LogP) is 4.38. The van der Waals surface area contributed by atoms with Crippen LogP contribution in [0.15, 0.2) is 30.3 Å². The van der Waals surface area contributed by atoms with E-state index in [1.54, 1.807) is 6.92 Å². The van der Waals surface area contributed by atoms with Crippen molar-refractivity contribution in [3.63, 3.8) is 0 Å². The first-order valence-corrected chi connectivity index (χ1v) is 6.96. The van der Waals surface area contributed by atoms with Crippen LogP contribution in [0.2, 0.25) is 0 Å². The molecule has 18 heavy (non-hydrogen) atoms. The molecule has 1 atom stereocenters. The first-order valence-electron chi connectivity index (χ1n) is 6.96. The molecule has 1 N–H and O–H groups in total. The van der Waals surface area contributed by atoms with E-state index in [0.29, 0.717) is 6.42 Å². The second-order valence-corrected chi connectivity index (χ2v) is 5.58. The fourth-order valence-electron chi connectivity index (χ4n) is 1.98. The zero-order valence-corrected chi connectivity index (χ0v) is 11.9. The largest absolute Gasteiger partial charge is 0.463 e. The number of unbranched alkanes of at least 4 members (excludes halogenated alkanes) is 2. The van der Waals surface area contributed by atoms with Crippen molar-refractivity contribution in [1.29, 1.82) is 0 Å². The predicted molar refractivity (Wildman–Crippen MR) is 75.6 cm³/mol. The Bertz CT molecular complexity index is 317. The highest BCUT2D eigenvalue weighted by Crippen LogP contribution is 2.21. The molecule has 0 bridgehead atoms. The van der Waals surface area contributed by atoms with Gasteiger partial charge < -0.3 is 9.84 Å². The van der Waals surface area contributed by atoms with Crippen molar-refractivity contribution in [2.24, 2.45) is 5.92 Å². The molecule has 0 saturated heterocycles. The fourth-order valence-corrected chi connectivity index (χ4v) is 1.98. The first-order chi connectivity index (χ1) is 8.49. The van der Waals surface area contributed by atoms with E-state index in [0.717, 1.165) is 24.5 Å². The van der Waals surface area contributed by atoms with Gasteiger partial charge in [0.25, 0.3) is 0 Å². The smallest absolute Gasteiger partial charge is 0.205 e. The van der Waals surface area contributed by atoms with Crippen LogP contribution in [0.3, 0.4) is 0 Å². The minimum absolute atomic E-state index is 0.681. The molecule has 1 aromatic rings. The first kappa shape index (κ1) is 15.0. The number of hydrogen-bond acceptors (Lipinski definition) is 2. The van der Waals surface area contributed by atoms with Gasteiger partial charge in [0.2, 0.25) is 5.79 Å². The molecule has 0 saturated carbocycles. The van der Waals surface area contributed by atoms with E-state index in [1.807, 2.05) is 30.3 Å². The Kier molecular flexibility index (Phi) is 6.20. The molecule has 0 aliphatic carbocycles. The Morgan fingerprint density at radius 1 is 1.11 bits per heavy atom. The molecule has 1 rings (SSSR count). The van der Waals surface area contributed by atoms with Crippen molar-refractivity contribution < 1.29 is 9.84 Å². The summed E-state index contributed by atoms with van der Waals surface area (Å²) >= 11 is 0. The summed E-state index contributed by atoms with van der Waals surface area (Å²) < 4.78 is 5.59. The number of rotatable bonds is 8. The molecule has 0 amide bonds. The average molecular weight is 250 g/mol. The maximum atomic E-state index is 10.2. The third-order valence-corrected chi connectivity index (χ3v) is 3.00. The normalized spacial score (nSPS) is 14.5. The standard InChI is InChI=1S/C16H26O2/c1-14(2)10-6-5-9-13-16(3,17)18-15-11-7-4-8-12-15/h4,7-8,11-12,14,17H,5-6,9-10,13H2,1-3H3. The van der Waals surface area contributed by atoms with E-state index in [2.05, 4.69) is 13.8 Å². The Hall–Kier alpha value is -1.02. The monoisotopic (exact) mass is 250 g/mol. The van der Waals surface area contributed by atoms with Crippen LogP contribution in [0.4, 0.5) is 0 Å². The van der Waals surface area contributed by atoms with Crippen molar-refractivity contribution in [2.45, 2.75) is 58.7 Å². The highest BCUT2D eigenvalue weighted by atomic mass is 16.6. The van der Waals surface area contributed by atoms with Crippen LogP contribution in [0.5, 0.6) is 5.75 Å². The van der Waals surface area contributed by atoms with E-state index in [4.69, 9.17) is 4.74 Å². The van der Waals surface area contributed by atoms with Gasteiger partial charge in [-0.25, -0.2) is 0 Å². The van der Waals surface area contributed by atoms with Gasteiger partial charge in [-0.15, -0.1) is 0 Å². The molecule has 2 nitrogen and oxygen atoms in total. The summed E-state index contributed by atoms with van der Waals surface area (Å²) in [6.45, 7) is 6.23. The van der Waals surface area contributed by atoms with Crippen molar-refractivity contribution in [3.8, 4) is 5.75 Å². The Balaban J connectivity index is 2.23. The van der Waals surface area contributed by atoms with Gasteiger partial charge in [-0.3, -0.25) is 0 Å². The number of para-hydroxylation sites is 1. The molecule has 2 heteroatoms. The molecule has 0 spiro atoms. The lowest BCUT2D eigenvalue weighted by atomic mass is 10.0. The molecule has 1 aromatic carbocycles. The van der Waals surface area contributed by atoms with Crippen LogP contribution in [0, 0.1) is 5.92 Å². The van der Waals surface area contributed by atoms with Crippen molar-refractivity contribution in [1.82, 2.24) is 0 Å². The van der Waals surface area contributed by atoms with E-state index >= 15 is 0 Å². The summed E-state index contributed by atoms with van der Waals surface area (Å²) in [5.41, 5.74) is 0. The number of ether oxygens (including phenoxy) is 1. The van der Waals surface area contributed by atoms with Crippen LogP contribution < -0.4 is 4.74 Å². The fraction of sp³-hybridized carbons (Fsp3) is 0.625. The highest BCUT2D eigenvalue weighted by Gasteiger charge is 2.21. The van der Waals surface area contributed by atoms with Crippen LogP contribution in [-0.4, -0.2) is 10.9 Å². The summed E-state index contributed by atoms with van der Waals surface area (Å²) in [5, 5.41) is 10.2. The third kappa shape index (κ3) is 6.65. The van der Waals surface area contributed by atoms with Crippen LogP contribution in [0.25, 0.3) is 0 Å². The molecular formula is C16H26O2. The summed E-state index contributed by atoms with van der Waals surface area (Å²) in [7, 11) is 0. The highest BCUT2D eigenvalue weighted by molar-refractivity contribution is 5.21. The van der Waals surface area contributed by atoms with Gasteiger partial charge in [0, 0.05) is 13.3 Å². The Morgan fingerprint density at radius 3 is 2.39 bits per heavy atom. The van der Waals surface area contributed by atoms with E-state index in [9.17, 15) is 5.11 Å². The summed E-state index contributed by atoms with van der Waals surface area (Å²) in [5.74, 6) is 0.440.